The molecule has 0 bridgehead atoms. The summed E-state index contributed by atoms with van der Waals surface area (Å²) in [7, 11) is 0. The van der Waals surface area contributed by atoms with E-state index in [1.54, 1.807) is 0 Å². The zero-order valence-electron chi connectivity index (χ0n) is 7.03. The van der Waals surface area contributed by atoms with Gasteiger partial charge in [0.2, 0.25) is 18.5 Å². The van der Waals surface area contributed by atoms with Crippen molar-refractivity contribution in [2.45, 2.75) is 0 Å². The first-order chi connectivity index (χ1) is 6.81. The van der Waals surface area contributed by atoms with Gasteiger partial charge in [0.1, 0.15) is 0 Å². The zero-order chi connectivity index (χ0) is 12.9. The molecule has 0 N–H and O–H groups in total. The van der Waals surface area contributed by atoms with Crippen LogP contribution < -0.4 is 31.1 Å². The number of carboxylic acid groups (broad SMARTS) is 3. The molecule has 0 aromatic carbocycles. The summed E-state index contributed by atoms with van der Waals surface area (Å²) in [5, 5.41) is 51.6. The Hall–Kier alpha value is 0.235. The van der Waals surface area contributed by atoms with Gasteiger partial charge in [-0.15, -0.1) is 0 Å². The summed E-state index contributed by atoms with van der Waals surface area (Å²) in [4.78, 5) is 33.1. The van der Waals surface area contributed by atoms with E-state index in [4.69, 9.17) is 45.5 Å². The van der Waals surface area contributed by atoms with E-state index < -0.39 is 18.5 Å². The third-order valence-corrected chi connectivity index (χ3v) is 0.204. The molecule has 0 saturated carbocycles. The van der Waals surface area contributed by atoms with Crippen molar-refractivity contribution in [3.05, 3.63) is 0 Å². The fourth-order valence-electron chi connectivity index (χ4n) is 0. The Morgan fingerprint density at radius 1 is 0.588 bits per heavy atom. The van der Waals surface area contributed by atoms with Crippen LogP contribution in [0.1, 0.15) is 0 Å². The van der Waals surface area contributed by atoms with Crippen LogP contribution in [-0.4, -0.2) is 18.5 Å². The topological polar surface area (TPSA) is 217 Å². The van der Waals surface area contributed by atoms with Gasteiger partial charge < -0.3 is 60.1 Å². The SMILES string of the molecule is O=C([O-])O[O-].O=C([O-])O[O-].O=C([O-])O[O-].[Dy+3].[Dy+3]. The molecule has 0 aromatic heterocycles. The van der Waals surface area contributed by atoms with E-state index in [0.29, 0.717) is 0 Å². The molecule has 104 valence electrons. The number of rotatable bonds is 0. The molecule has 14 heteroatoms. The minimum Gasteiger partial charge on any atom is -0.755 e. The van der Waals surface area contributed by atoms with Crippen molar-refractivity contribution in [3.8, 4) is 0 Å². The largest absolute Gasteiger partial charge is 3.00 e. The number of hydrogen-bond donors (Lipinski definition) is 0. The molecular formula is C3Dy2O12. The maximum Gasteiger partial charge on any atom is 3.00 e. The van der Waals surface area contributed by atoms with Gasteiger partial charge in [0.15, 0.2) is 0 Å². The second-order valence-electron chi connectivity index (χ2n) is 1.00. The van der Waals surface area contributed by atoms with E-state index in [0.717, 1.165) is 0 Å². The van der Waals surface area contributed by atoms with Gasteiger partial charge in [-0.1, -0.05) is 0 Å². The first-order valence-electron chi connectivity index (χ1n) is 2.34. The molecule has 2 radical (unpaired) electrons. The van der Waals surface area contributed by atoms with E-state index in [1.807, 2.05) is 0 Å². The van der Waals surface area contributed by atoms with Crippen molar-refractivity contribution in [2.24, 2.45) is 0 Å². The number of carbonyl (C=O) groups is 3. The molecule has 0 heterocycles. The van der Waals surface area contributed by atoms with Gasteiger partial charge >= 0.3 is 76.3 Å². The van der Waals surface area contributed by atoms with Crippen LogP contribution in [0.3, 0.4) is 0 Å². The third kappa shape index (κ3) is 84.6. The minimum atomic E-state index is -2.05. The maximum atomic E-state index is 8.72. The van der Waals surface area contributed by atoms with Crippen LogP contribution in [-0.2, 0) is 14.7 Å². The van der Waals surface area contributed by atoms with Gasteiger partial charge in [-0.05, 0) is 0 Å². The van der Waals surface area contributed by atoms with Crippen LogP contribution in [0.5, 0.6) is 0 Å². The Bertz CT molecular complexity index is 159. The summed E-state index contributed by atoms with van der Waals surface area (Å²) in [6.45, 7) is 0. The monoisotopic (exact) mass is 556 g/mol. The van der Waals surface area contributed by atoms with Crippen molar-refractivity contribution in [1.82, 2.24) is 0 Å². The smallest absolute Gasteiger partial charge is 0.755 e. The van der Waals surface area contributed by atoms with Crippen LogP contribution in [0.25, 0.3) is 0 Å². The van der Waals surface area contributed by atoms with Gasteiger partial charge in [-0.25, -0.2) is 0 Å². The van der Waals surface area contributed by atoms with Crippen molar-refractivity contribution in [3.63, 3.8) is 0 Å². The molecule has 0 spiro atoms. The average molecular weight is 553 g/mol. The molecule has 0 aromatic rings. The van der Waals surface area contributed by atoms with E-state index >= 15 is 0 Å². The normalized spacial score (nSPS) is 5.82. The second-order valence-corrected chi connectivity index (χ2v) is 1.00. The summed E-state index contributed by atoms with van der Waals surface area (Å²) >= 11 is 0. The molecule has 0 aliphatic rings. The van der Waals surface area contributed by atoms with Crippen LogP contribution >= 0.6 is 0 Å². The molecule has 0 amide bonds. The van der Waals surface area contributed by atoms with Crippen LogP contribution in [0.2, 0.25) is 0 Å². The maximum absolute atomic E-state index is 8.72. The summed E-state index contributed by atoms with van der Waals surface area (Å²) in [6, 6.07) is 0. The fourth-order valence-corrected chi connectivity index (χ4v) is 0. The van der Waals surface area contributed by atoms with Gasteiger partial charge in [0, 0.05) is 0 Å². The van der Waals surface area contributed by atoms with Gasteiger partial charge in [0.25, 0.3) is 0 Å². The molecule has 0 saturated heterocycles. The van der Waals surface area contributed by atoms with Gasteiger partial charge in [0.05, 0.1) is 0 Å². The predicted molar refractivity (Wildman–Crippen MR) is 19.4 cm³/mol. The summed E-state index contributed by atoms with van der Waals surface area (Å²) in [5.41, 5.74) is 0. The standard InChI is InChI=1S/3CH2O4.2Dy/c3*2-1(3)5-4;;/h3*4H,(H,2,3);;/q;;;2*+3/p-6. The first-order valence-corrected chi connectivity index (χ1v) is 2.34. The van der Waals surface area contributed by atoms with Crippen LogP contribution in [0, 0.1) is 76.3 Å². The molecule has 0 rings (SSSR count). The molecule has 0 aliphatic carbocycles. The Balaban J connectivity index is -0.0000000400. The minimum absolute atomic E-state index is 0. The molecule has 0 aliphatic heterocycles. The number of hydrogen-bond acceptors (Lipinski definition) is 12. The summed E-state index contributed by atoms with van der Waals surface area (Å²) < 4.78 is 0. The van der Waals surface area contributed by atoms with Crippen molar-refractivity contribution >= 4 is 18.5 Å². The molecule has 0 atom stereocenters. The zero-order valence-corrected chi connectivity index (χ0v) is 11.1. The summed E-state index contributed by atoms with van der Waals surface area (Å²) in [6.07, 6.45) is -6.15. The Kier molecular flexibility index (Phi) is 44.9. The van der Waals surface area contributed by atoms with E-state index in [9.17, 15) is 0 Å². The van der Waals surface area contributed by atoms with E-state index in [1.165, 1.54) is 0 Å². The quantitative estimate of drug-likeness (QED) is 0.202. The van der Waals surface area contributed by atoms with Gasteiger partial charge in [-0.3, -0.25) is 0 Å². The van der Waals surface area contributed by atoms with Crippen molar-refractivity contribution in [2.75, 3.05) is 0 Å². The molecule has 12 nitrogen and oxygen atoms in total. The van der Waals surface area contributed by atoms with E-state index in [-0.39, 0.29) is 76.3 Å². The first kappa shape index (κ1) is 30.3. The number of carbonyl (C=O) groups excluding carboxylic acids is 3. The van der Waals surface area contributed by atoms with Gasteiger partial charge in [-0.2, -0.15) is 0 Å². The Labute approximate surface area is 153 Å². The van der Waals surface area contributed by atoms with Crippen molar-refractivity contribution < 1.29 is 136 Å². The molecule has 0 unspecified atom stereocenters. The fraction of sp³-hybridized carbons (Fsp3) is 0. The predicted octanol–water partition coefficient (Wildman–Crippen LogP) is -7.14. The summed E-state index contributed by atoms with van der Waals surface area (Å²) in [5.74, 6) is 0. The third-order valence-electron chi connectivity index (χ3n) is 0.204. The molecule has 17 heavy (non-hydrogen) atoms. The van der Waals surface area contributed by atoms with Crippen LogP contribution in [0.15, 0.2) is 0 Å². The Morgan fingerprint density at radius 3 is 0.647 bits per heavy atom. The van der Waals surface area contributed by atoms with Crippen molar-refractivity contribution in [1.29, 1.82) is 0 Å². The second kappa shape index (κ2) is 25.2. The van der Waals surface area contributed by atoms with E-state index in [2.05, 4.69) is 14.7 Å². The molecule has 0 fully saturated rings. The molecular weight excluding hydrogens is 553 g/mol. The average Bonchev–Trinajstić information content (AvgIpc) is 2.19. The van der Waals surface area contributed by atoms with Crippen LogP contribution in [0.4, 0.5) is 14.4 Å². The Morgan fingerprint density at radius 2 is 0.647 bits per heavy atom.